The van der Waals surface area contributed by atoms with E-state index < -0.39 is 74.2 Å². The molecule has 0 aromatic heterocycles. The van der Waals surface area contributed by atoms with Crippen molar-refractivity contribution in [3.8, 4) is 0 Å². The van der Waals surface area contributed by atoms with Gasteiger partial charge in [0.2, 0.25) is 5.91 Å². The molecule has 1 aliphatic heterocycles. The van der Waals surface area contributed by atoms with Crippen LogP contribution in [0.5, 0.6) is 0 Å². The van der Waals surface area contributed by atoms with Crippen molar-refractivity contribution >= 4 is 5.91 Å². The van der Waals surface area contributed by atoms with Crippen LogP contribution in [0.1, 0.15) is 303 Å². The molecule has 11 heteroatoms. The molecule has 1 saturated heterocycles. The molecule has 1 amide bonds. The average molecular weight is 1080 g/mol. The zero-order valence-electron chi connectivity index (χ0n) is 49.2. The maximum absolute atomic E-state index is 13.2. The Morgan fingerprint density at radius 2 is 0.789 bits per heavy atom. The number of allylic oxidation sites excluding steroid dienone is 6. The topological polar surface area (TPSA) is 189 Å². The number of amides is 1. The number of rotatable bonds is 56. The van der Waals surface area contributed by atoms with E-state index in [0.717, 1.165) is 57.8 Å². The third-order valence-electron chi connectivity index (χ3n) is 15.6. The summed E-state index contributed by atoms with van der Waals surface area (Å²) in [5, 5.41) is 76.2. The maximum atomic E-state index is 13.2. The van der Waals surface area contributed by atoms with Crippen molar-refractivity contribution in [3.05, 3.63) is 36.5 Å². The van der Waals surface area contributed by atoms with E-state index in [9.17, 15) is 40.5 Å². The Hall–Kier alpha value is -1.67. The highest BCUT2D eigenvalue weighted by molar-refractivity contribution is 5.80. The van der Waals surface area contributed by atoms with Gasteiger partial charge in [-0.25, -0.2) is 0 Å². The Morgan fingerprint density at radius 1 is 0.447 bits per heavy atom. The van der Waals surface area contributed by atoms with E-state index in [1.807, 2.05) is 0 Å². The van der Waals surface area contributed by atoms with E-state index in [1.165, 1.54) is 199 Å². The van der Waals surface area contributed by atoms with E-state index in [-0.39, 0.29) is 12.8 Å². The smallest absolute Gasteiger partial charge is 0.249 e. The van der Waals surface area contributed by atoms with E-state index in [0.29, 0.717) is 19.3 Å². The number of unbranched alkanes of at least 4 members (excludes halogenated alkanes) is 38. The number of hydrogen-bond donors (Lipinski definition) is 8. The lowest BCUT2D eigenvalue weighted by Crippen LogP contribution is -2.60. The predicted octanol–water partition coefficient (Wildman–Crippen LogP) is 14.6. The van der Waals surface area contributed by atoms with Crippen LogP contribution in [-0.2, 0) is 14.3 Å². The molecule has 1 fully saturated rings. The number of carbonyl (C=O) groups is 1. The second-order valence-corrected chi connectivity index (χ2v) is 22.8. The average Bonchev–Trinajstić information content (AvgIpc) is 3.42. The number of hydrogen-bond acceptors (Lipinski definition) is 10. The number of carbonyl (C=O) groups excluding carboxylic acids is 1. The molecule has 11 nitrogen and oxygen atoms in total. The summed E-state index contributed by atoms with van der Waals surface area (Å²) in [6, 6.07) is -1.19. The molecule has 0 radical (unpaired) electrons. The third-order valence-corrected chi connectivity index (χ3v) is 15.6. The second kappa shape index (κ2) is 53.9. The highest BCUT2D eigenvalue weighted by Gasteiger charge is 2.44. The summed E-state index contributed by atoms with van der Waals surface area (Å²) in [5.41, 5.74) is 0. The van der Waals surface area contributed by atoms with Gasteiger partial charge >= 0.3 is 0 Å². The Morgan fingerprint density at radius 3 is 1.17 bits per heavy atom. The largest absolute Gasteiger partial charge is 0.394 e. The van der Waals surface area contributed by atoms with Gasteiger partial charge in [0.15, 0.2) is 6.29 Å². The van der Waals surface area contributed by atoms with Crippen LogP contribution in [0.25, 0.3) is 0 Å². The predicted molar refractivity (Wildman–Crippen MR) is 316 cm³/mol. The lowest BCUT2D eigenvalue weighted by molar-refractivity contribution is -0.303. The molecule has 76 heavy (non-hydrogen) atoms. The molecule has 8 N–H and O–H groups in total. The van der Waals surface area contributed by atoms with Crippen LogP contribution in [0.2, 0.25) is 0 Å². The minimum atomic E-state index is -1.67. The number of ether oxygens (including phenoxy) is 2. The van der Waals surface area contributed by atoms with Crippen molar-refractivity contribution in [1.29, 1.82) is 0 Å². The van der Waals surface area contributed by atoms with Gasteiger partial charge in [-0.2, -0.15) is 0 Å². The van der Waals surface area contributed by atoms with Crippen molar-refractivity contribution in [1.82, 2.24) is 5.32 Å². The molecule has 448 valence electrons. The third kappa shape index (κ3) is 41.4. The van der Waals surface area contributed by atoms with Crippen molar-refractivity contribution < 1.29 is 50.0 Å². The summed E-state index contributed by atoms with van der Waals surface area (Å²) in [4.78, 5) is 13.2. The normalized spacial score (nSPS) is 19.8. The molecule has 9 atom stereocenters. The van der Waals surface area contributed by atoms with Gasteiger partial charge in [0, 0.05) is 0 Å². The molecular formula is C65H123NO10. The maximum Gasteiger partial charge on any atom is 0.249 e. The lowest BCUT2D eigenvalue weighted by Gasteiger charge is -2.40. The Bertz CT molecular complexity index is 1330. The molecule has 0 spiro atoms. The summed E-state index contributed by atoms with van der Waals surface area (Å²) in [7, 11) is 0. The zero-order chi connectivity index (χ0) is 55.4. The quantitative estimate of drug-likeness (QED) is 0.0215. The highest BCUT2D eigenvalue weighted by Crippen LogP contribution is 2.23. The van der Waals surface area contributed by atoms with Gasteiger partial charge in [-0.1, -0.05) is 262 Å². The monoisotopic (exact) mass is 1080 g/mol. The van der Waals surface area contributed by atoms with E-state index in [1.54, 1.807) is 0 Å². The van der Waals surface area contributed by atoms with Gasteiger partial charge in [-0.05, 0) is 77.0 Å². The van der Waals surface area contributed by atoms with Crippen LogP contribution >= 0.6 is 0 Å². The van der Waals surface area contributed by atoms with Crippen molar-refractivity contribution in [2.45, 2.75) is 358 Å². The standard InChI is InChI=1S/C65H123NO10/c1-3-5-7-9-11-13-15-17-19-21-23-24-25-26-27-28-29-30-31-32-33-34-35-37-38-40-42-44-46-48-50-52-57(68)60(70)56(55-75-65-63(73)62(72)61(71)59(54-67)76-65)66-64(74)58(69)53-51-49-47-45-43-41-39-36-22-20-18-16-14-12-10-8-6-4-2/h22,36-38,44,46,56-63,65,67-73H,3-21,23-35,39-43,45,47-55H2,1-2H3,(H,66,74)/b36-22-,38-37+,46-44+. The van der Waals surface area contributed by atoms with Crippen LogP contribution < -0.4 is 5.32 Å². The minimum absolute atomic E-state index is 0.244. The van der Waals surface area contributed by atoms with Gasteiger partial charge in [0.1, 0.15) is 36.6 Å². The summed E-state index contributed by atoms with van der Waals surface area (Å²) >= 11 is 0. The van der Waals surface area contributed by atoms with E-state index >= 15 is 0 Å². The van der Waals surface area contributed by atoms with Crippen LogP contribution in [0.15, 0.2) is 36.5 Å². The fraction of sp³-hybridized carbons (Fsp3) is 0.892. The van der Waals surface area contributed by atoms with Crippen molar-refractivity contribution in [3.63, 3.8) is 0 Å². The van der Waals surface area contributed by atoms with Crippen LogP contribution in [0.3, 0.4) is 0 Å². The number of nitrogens with one attached hydrogen (secondary N) is 1. The summed E-state index contributed by atoms with van der Waals surface area (Å²) in [6.45, 7) is 3.47. The van der Waals surface area contributed by atoms with Crippen molar-refractivity contribution in [2.75, 3.05) is 13.2 Å². The Labute approximate surface area is 467 Å². The van der Waals surface area contributed by atoms with Gasteiger partial charge in [-0.15, -0.1) is 0 Å². The summed E-state index contributed by atoms with van der Waals surface area (Å²) < 4.78 is 11.1. The first-order chi connectivity index (χ1) is 37.2. The van der Waals surface area contributed by atoms with Gasteiger partial charge in [-0.3, -0.25) is 4.79 Å². The van der Waals surface area contributed by atoms with Crippen LogP contribution in [0.4, 0.5) is 0 Å². The molecule has 0 saturated carbocycles. The highest BCUT2D eigenvalue weighted by atomic mass is 16.7. The molecule has 9 unspecified atom stereocenters. The molecule has 0 bridgehead atoms. The molecule has 0 aromatic carbocycles. The minimum Gasteiger partial charge on any atom is -0.394 e. The Balaban J connectivity index is 2.26. The molecule has 1 heterocycles. The second-order valence-electron chi connectivity index (χ2n) is 22.8. The van der Waals surface area contributed by atoms with Crippen molar-refractivity contribution in [2.24, 2.45) is 0 Å². The zero-order valence-corrected chi connectivity index (χ0v) is 49.2. The molecule has 0 aliphatic carbocycles. The van der Waals surface area contributed by atoms with Crippen LogP contribution in [-0.4, -0.2) is 110 Å². The fourth-order valence-corrected chi connectivity index (χ4v) is 10.4. The molecular weight excluding hydrogens is 955 g/mol. The first-order valence-electron chi connectivity index (χ1n) is 32.4. The molecule has 1 rings (SSSR count). The lowest BCUT2D eigenvalue weighted by atomic mass is 9.98. The van der Waals surface area contributed by atoms with Gasteiger partial charge < -0.3 is 50.5 Å². The molecule has 0 aromatic rings. The van der Waals surface area contributed by atoms with Gasteiger partial charge in [0.05, 0.1) is 25.4 Å². The summed E-state index contributed by atoms with van der Waals surface area (Å²) in [6.07, 6.45) is 56.5. The van der Waals surface area contributed by atoms with Crippen LogP contribution in [0, 0.1) is 0 Å². The van der Waals surface area contributed by atoms with E-state index in [2.05, 4.69) is 55.6 Å². The fourth-order valence-electron chi connectivity index (χ4n) is 10.4. The first-order valence-corrected chi connectivity index (χ1v) is 32.4. The SMILES string of the molecule is CCCCCCCCCC/C=C\CCCCCCCCC(O)C(=O)NC(COC1OC(CO)C(O)C(O)C1O)C(O)C(O)CCC/C=C/CC/C=C/CCCCCCCCCCCCCCCCCCCCCCCC. The number of aliphatic hydroxyl groups excluding tert-OH is 7. The summed E-state index contributed by atoms with van der Waals surface area (Å²) in [5.74, 6) is -0.713. The number of aliphatic hydroxyl groups is 7. The molecule has 1 aliphatic rings. The van der Waals surface area contributed by atoms with Gasteiger partial charge in [0.25, 0.3) is 0 Å². The first kappa shape index (κ1) is 72.3. The van der Waals surface area contributed by atoms with E-state index in [4.69, 9.17) is 9.47 Å². The Kier molecular flexibility index (Phi) is 51.3.